The zero-order valence-corrected chi connectivity index (χ0v) is 10.0. The second kappa shape index (κ2) is 3.86. The van der Waals surface area contributed by atoms with Crippen molar-refractivity contribution >= 4 is 22.2 Å². The highest BCUT2D eigenvalue weighted by Crippen LogP contribution is 2.38. The summed E-state index contributed by atoms with van der Waals surface area (Å²) in [5, 5.41) is 0.636. The quantitative estimate of drug-likeness (QED) is 0.718. The van der Waals surface area contributed by atoms with Gasteiger partial charge in [0.2, 0.25) is 0 Å². The molecule has 0 spiro atoms. The predicted octanol–water partition coefficient (Wildman–Crippen LogP) is 3.43. The van der Waals surface area contributed by atoms with Crippen LogP contribution in [0.2, 0.25) is 0 Å². The van der Waals surface area contributed by atoms with Gasteiger partial charge in [-0.25, -0.2) is 9.83 Å². The summed E-state index contributed by atoms with van der Waals surface area (Å²) in [7, 11) is 0. The van der Waals surface area contributed by atoms with Crippen LogP contribution in [0.1, 0.15) is 17.7 Å². The number of aromatic nitrogens is 1. The number of nitrogens with two attached hydrogens (primary N) is 1. The maximum Gasteiger partial charge on any atom is 0.187 e. The molecule has 1 aromatic heterocycles. The number of nitrogens with zero attached hydrogens (tertiary/aromatic N) is 2. The molecule has 1 heterocycles. The highest BCUT2D eigenvalue weighted by Gasteiger charge is 2.18. The van der Waals surface area contributed by atoms with Crippen LogP contribution >= 0.6 is 11.3 Å². The minimum absolute atomic E-state index is 0.636. The van der Waals surface area contributed by atoms with Gasteiger partial charge in [-0.2, -0.15) is 0 Å². The van der Waals surface area contributed by atoms with E-state index in [4.69, 9.17) is 12.3 Å². The van der Waals surface area contributed by atoms with Crippen LogP contribution in [0, 0.1) is 6.57 Å². The number of aryl methyl sites for hydroxylation is 2. The lowest BCUT2D eigenvalue weighted by atomic mass is 10.0. The van der Waals surface area contributed by atoms with E-state index in [1.807, 2.05) is 18.2 Å². The lowest BCUT2D eigenvalue weighted by Gasteiger charge is -2.05. The third-order valence-electron chi connectivity index (χ3n) is 3.04. The molecule has 84 valence electrons. The van der Waals surface area contributed by atoms with E-state index in [9.17, 15) is 0 Å². The summed E-state index contributed by atoms with van der Waals surface area (Å²) in [5.41, 5.74) is 10.1. The number of fused-ring (bicyclic) bond motifs is 3. The Kier molecular flexibility index (Phi) is 2.34. The zero-order chi connectivity index (χ0) is 11.8. The van der Waals surface area contributed by atoms with Gasteiger partial charge in [-0.05, 0) is 30.4 Å². The van der Waals surface area contributed by atoms with Crippen molar-refractivity contribution in [3.05, 3.63) is 40.9 Å². The van der Waals surface area contributed by atoms with Gasteiger partial charge in [0.1, 0.15) is 0 Å². The van der Waals surface area contributed by atoms with Crippen LogP contribution in [0.15, 0.2) is 18.2 Å². The Balaban J connectivity index is 2.22. The summed E-state index contributed by atoms with van der Waals surface area (Å²) in [6.45, 7) is 7.06. The molecule has 0 atom stereocenters. The number of anilines is 1. The Morgan fingerprint density at radius 3 is 3.06 bits per heavy atom. The minimum Gasteiger partial charge on any atom is -0.375 e. The predicted molar refractivity (Wildman–Crippen MR) is 70.2 cm³/mol. The molecule has 1 aliphatic carbocycles. The zero-order valence-electron chi connectivity index (χ0n) is 9.23. The molecule has 2 aromatic rings. The molecule has 0 fully saturated rings. The number of rotatable bonds is 0. The van der Waals surface area contributed by atoms with Crippen LogP contribution in [0.4, 0.5) is 10.8 Å². The highest BCUT2D eigenvalue weighted by molar-refractivity contribution is 7.18. The normalized spacial score (nSPS) is 13.4. The van der Waals surface area contributed by atoms with Crippen LogP contribution in [0.3, 0.4) is 0 Å². The molecule has 0 amide bonds. The van der Waals surface area contributed by atoms with E-state index in [2.05, 4.69) is 9.83 Å². The number of thiazole rings is 1. The Morgan fingerprint density at radius 2 is 2.24 bits per heavy atom. The molecule has 0 radical (unpaired) electrons. The van der Waals surface area contributed by atoms with Crippen molar-refractivity contribution in [2.24, 2.45) is 0 Å². The number of benzene rings is 1. The summed E-state index contributed by atoms with van der Waals surface area (Å²) in [6.07, 6.45) is 3.07. The average molecular weight is 241 g/mol. The van der Waals surface area contributed by atoms with Crippen LogP contribution in [-0.4, -0.2) is 4.98 Å². The highest BCUT2D eigenvalue weighted by atomic mass is 32.1. The van der Waals surface area contributed by atoms with Crippen LogP contribution in [-0.2, 0) is 12.8 Å². The summed E-state index contributed by atoms with van der Waals surface area (Å²) in [6, 6.07) is 5.90. The fourth-order valence-electron chi connectivity index (χ4n) is 2.27. The Labute approximate surface area is 104 Å². The monoisotopic (exact) mass is 241 g/mol. The fraction of sp³-hybridized carbons (Fsp3) is 0.231. The summed E-state index contributed by atoms with van der Waals surface area (Å²) >= 11 is 1.55. The molecular weight excluding hydrogens is 230 g/mol. The third kappa shape index (κ3) is 1.69. The molecule has 0 saturated heterocycles. The van der Waals surface area contributed by atoms with Crippen molar-refractivity contribution in [1.29, 1.82) is 0 Å². The van der Waals surface area contributed by atoms with Crippen molar-refractivity contribution in [3.63, 3.8) is 0 Å². The van der Waals surface area contributed by atoms with Gasteiger partial charge in [0.15, 0.2) is 10.8 Å². The topological polar surface area (TPSA) is 43.3 Å². The van der Waals surface area contributed by atoms with Gasteiger partial charge in [0, 0.05) is 0 Å². The molecular formula is C13H11N3S. The third-order valence-corrected chi connectivity index (χ3v) is 4.00. The van der Waals surface area contributed by atoms with Crippen molar-refractivity contribution < 1.29 is 0 Å². The van der Waals surface area contributed by atoms with Crippen molar-refractivity contribution in [1.82, 2.24) is 4.98 Å². The molecule has 0 saturated carbocycles. The van der Waals surface area contributed by atoms with Crippen molar-refractivity contribution in [2.75, 3.05) is 5.73 Å². The van der Waals surface area contributed by atoms with Gasteiger partial charge in [-0.1, -0.05) is 29.5 Å². The van der Waals surface area contributed by atoms with Crippen molar-refractivity contribution in [3.8, 4) is 10.4 Å². The van der Waals surface area contributed by atoms with Gasteiger partial charge >= 0.3 is 0 Å². The van der Waals surface area contributed by atoms with Gasteiger partial charge in [-0.15, -0.1) is 0 Å². The molecule has 0 bridgehead atoms. The molecule has 2 N–H and O–H groups in total. The van der Waals surface area contributed by atoms with E-state index in [0.29, 0.717) is 10.8 Å². The summed E-state index contributed by atoms with van der Waals surface area (Å²) in [4.78, 5) is 9.06. The van der Waals surface area contributed by atoms with Crippen molar-refractivity contribution in [2.45, 2.75) is 19.3 Å². The molecule has 0 aliphatic heterocycles. The average Bonchev–Trinajstić information content (AvgIpc) is 2.62. The molecule has 17 heavy (non-hydrogen) atoms. The molecule has 3 rings (SSSR count). The van der Waals surface area contributed by atoms with Crippen LogP contribution in [0.25, 0.3) is 15.3 Å². The molecule has 1 aromatic carbocycles. The maximum atomic E-state index is 7.06. The number of nitrogen functional groups attached to an aromatic ring is 1. The van der Waals surface area contributed by atoms with Gasteiger partial charge in [0.05, 0.1) is 17.1 Å². The first-order valence-corrected chi connectivity index (χ1v) is 6.35. The first kappa shape index (κ1) is 10.3. The Morgan fingerprint density at radius 1 is 1.35 bits per heavy atom. The molecule has 4 heteroatoms. The lowest BCUT2D eigenvalue weighted by molar-refractivity contribution is 0.819. The van der Waals surface area contributed by atoms with E-state index in [1.165, 1.54) is 16.0 Å². The van der Waals surface area contributed by atoms with E-state index in [0.717, 1.165) is 25.0 Å². The summed E-state index contributed by atoms with van der Waals surface area (Å²) in [5.74, 6) is 0. The SMILES string of the molecule is [C-]#[N+]c1ccc2c(c1)CCCc1nc(N)sc1-2. The maximum absolute atomic E-state index is 7.06. The minimum atomic E-state index is 0.636. The number of hydrogen-bond acceptors (Lipinski definition) is 3. The standard InChI is InChI=1S/C13H11N3S/c1-15-9-5-6-10-8(7-9)3-2-4-11-12(10)17-13(14)16-11/h5-7H,2-4H2,(H2,14,16). The second-order valence-corrected chi connectivity index (χ2v) is 5.17. The second-order valence-electron chi connectivity index (χ2n) is 4.13. The molecule has 0 unspecified atom stereocenters. The van der Waals surface area contributed by atoms with E-state index in [1.54, 1.807) is 11.3 Å². The molecule has 3 nitrogen and oxygen atoms in total. The summed E-state index contributed by atoms with van der Waals surface area (Å²) < 4.78 is 0. The van der Waals surface area contributed by atoms with Gasteiger partial charge in [0.25, 0.3) is 0 Å². The van der Waals surface area contributed by atoms with E-state index >= 15 is 0 Å². The van der Waals surface area contributed by atoms with Gasteiger partial charge < -0.3 is 5.73 Å². The Hall–Kier alpha value is -1.86. The first-order valence-electron chi connectivity index (χ1n) is 5.54. The van der Waals surface area contributed by atoms with E-state index < -0.39 is 0 Å². The van der Waals surface area contributed by atoms with Gasteiger partial charge in [-0.3, -0.25) is 0 Å². The van der Waals surface area contributed by atoms with Crippen LogP contribution in [0.5, 0.6) is 0 Å². The Bertz CT molecular complexity index is 622. The first-order chi connectivity index (χ1) is 8.28. The largest absolute Gasteiger partial charge is 0.375 e. The number of hydrogen-bond donors (Lipinski definition) is 1. The lowest BCUT2D eigenvalue weighted by Crippen LogP contribution is -1.88. The molecule has 1 aliphatic rings. The van der Waals surface area contributed by atoms with Crippen LogP contribution < -0.4 is 5.73 Å². The fourth-order valence-corrected chi connectivity index (χ4v) is 3.21. The smallest absolute Gasteiger partial charge is 0.187 e. The van der Waals surface area contributed by atoms with E-state index in [-0.39, 0.29) is 0 Å².